The maximum absolute atomic E-state index is 11.9. The minimum absolute atomic E-state index is 0.291. The average Bonchev–Trinajstić information content (AvgIpc) is 2.31. The summed E-state index contributed by atoms with van der Waals surface area (Å²) in [7, 11) is 0. The second kappa shape index (κ2) is 6.43. The molecule has 0 bridgehead atoms. The van der Waals surface area contributed by atoms with Gasteiger partial charge in [0.2, 0.25) is 5.91 Å². The smallest absolute Gasteiger partial charge is 0.328 e. The zero-order valence-corrected chi connectivity index (χ0v) is 13.3. The highest BCUT2D eigenvalue weighted by Crippen LogP contribution is 2.25. The first kappa shape index (κ1) is 16.0. The van der Waals surface area contributed by atoms with E-state index in [0.29, 0.717) is 0 Å². The molecule has 19 heavy (non-hydrogen) atoms. The molecule has 0 heterocycles. The summed E-state index contributed by atoms with van der Waals surface area (Å²) in [6.07, 6.45) is 0. The fourth-order valence-corrected chi connectivity index (χ4v) is 2.37. The van der Waals surface area contributed by atoms with Gasteiger partial charge in [-0.05, 0) is 45.0 Å². The average molecular weight is 346 g/mol. The van der Waals surface area contributed by atoms with Gasteiger partial charge in [-0.1, -0.05) is 15.9 Å². The Morgan fingerprint density at radius 1 is 1.32 bits per heavy atom. The van der Waals surface area contributed by atoms with E-state index < -0.39 is 11.5 Å². The molecule has 2 N–H and O–H groups in total. The Morgan fingerprint density at radius 3 is 2.32 bits per heavy atom. The fraction of sp³-hybridized carbons (Fsp3) is 0.385. The zero-order chi connectivity index (χ0) is 14.6. The molecule has 0 aliphatic rings. The summed E-state index contributed by atoms with van der Waals surface area (Å²) in [6.45, 7) is 4.68. The number of aliphatic carboxylic acids is 1. The van der Waals surface area contributed by atoms with Crippen molar-refractivity contribution in [1.82, 2.24) is 5.32 Å². The Balaban J connectivity index is 2.63. The van der Waals surface area contributed by atoms with Gasteiger partial charge in [-0.15, -0.1) is 11.8 Å². The van der Waals surface area contributed by atoms with Crippen LogP contribution in [0.3, 0.4) is 0 Å². The van der Waals surface area contributed by atoms with Gasteiger partial charge in [-0.3, -0.25) is 4.79 Å². The van der Waals surface area contributed by atoms with Crippen LogP contribution in [-0.4, -0.2) is 27.8 Å². The van der Waals surface area contributed by atoms with Gasteiger partial charge in [-0.25, -0.2) is 4.79 Å². The SMILES string of the molecule is CC(Sc1ccc(Br)cc1)C(=O)NC(C)(C)C(=O)O. The lowest BCUT2D eigenvalue weighted by Crippen LogP contribution is -2.51. The van der Waals surface area contributed by atoms with Crippen molar-refractivity contribution in [3.63, 3.8) is 0 Å². The van der Waals surface area contributed by atoms with E-state index in [-0.39, 0.29) is 11.2 Å². The third-order valence-corrected chi connectivity index (χ3v) is 4.11. The van der Waals surface area contributed by atoms with E-state index >= 15 is 0 Å². The van der Waals surface area contributed by atoms with Crippen LogP contribution < -0.4 is 5.32 Å². The first-order valence-corrected chi connectivity index (χ1v) is 7.37. The van der Waals surface area contributed by atoms with Crippen LogP contribution in [0.4, 0.5) is 0 Å². The maximum atomic E-state index is 11.9. The minimum atomic E-state index is -1.26. The Kier molecular flexibility index (Phi) is 5.43. The fourth-order valence-electron chi connectivity index (χ4n) is 1.23. The molecule has 104 valence electrons. The molecule has 4 nitrogen and oxygen atoms in total. The Bertz CT molecular complexity index is 473. The summed E-state index contributed by atoms with van der Waals surface area (Å²) in [4.78, 5) is 23.8. The first-order valence-electron chi connectivity index (χ1n) is 5.70. The summed E-state index contributed by atoms with van der Waals surface area (Å²) < 4.78 is 0.973. The maximum Gasteiger partial charge on any atom is 0.328 e. The molecule has 1 unspecified atom stereocenters. The number of carbonyl (C=O) groups is 2. The van der Waals surface area contributed by atoms with Crippen molar-refractivity contribution in [2.45, 2.75) is 36.5 Å². The topological polar surface area (TPSA) is 66.4 Å². The van der Waals surface area contributed by atoms with Crippen LogP contribution >= 0.6 is 27.7 Å². The molecule has 1 aromatic rings. The highest BCUT2D eigenvalue weighted by Gasteiger charge is 2.30. The highest BCUT2D eigenvalue weighted by atomic mass is 79.9. The molecule has 0 saturated carbocycles. The summed E-state index contributed by atoms with van der Waals surface area (Å²) >= 11 is 4.73. The molecule has 0 aliphatic carbocycles. The summed E-state index contributed by atoms with van der Waals surface area (Å²) in [6, 6.07) is 7.60. The second-order valence-electron chi connectivity index (χ2n) is 4.63. The van der Waals surface area contributed by atoms with Crippen molar-refractivity contribution in [3.8, 4) is 0 Å². The van der Waals surface area contributed by atoms with Crippen LogP contribution in [-0.2, 0) is 9.59 Å². The number of carboxylic acids is 1. The second-order valence-corrected chi connectivity index (χ2v) is 6.96. The third kappa shape index (κ3) is 4.87. The molecule has 1 aromatic carbocycles. The molecule has 6 heteroatoms. The van der Waals surface area contributed by atoms with Crippen molar-refractivity contribution < 1.29 is 14.7 Å². The van der Waals surface area contributed by atoms with Gasteiger partial charge in [0, 0.05) is 9.37 Å². The molecule has 0 fully saturated rings. The van der Waals surface area contributed by atoms with Crippen LogP contribution in [0.5, 0.6) is 0 Å². The number of amides is 1. The highest BCUT2D eigenvalue weighted by molar-refractivity contribution is 9.10. The number of halogens is 1. The van der Waals surface area contributed by atoms with Crippen molar-refractivity contribution in [1.29, 1.82) is 0 Å². The van der Waals surface area contributed by atoms with E-state index in [0.717, 1.165) is 9.37 Å². The molecule has 0 aliphatic heterocycles. The summed E-state index contributed by atoms with van der Waals surface area (Å²) in [5.74, 6) is -1.35. The summed E-state index contributed by atoms with van der Waals surface area (Å²) in [5, 5.41) is 11.1. The zero-order valence-electron chi connectivity index (χ0n) is 10.9. The number of thioether (sulfide) groups is 1. The van der Waals surface area contributed by atoms with E-state index in [1.165, 1.54) is 25.6 Å². The Labute approximate surface area is 125 Å². The molecule has 0 saturated heterocycles. The first-order chi connectivity index (χ1) is 8.72. The molecule has 1 rings (SSSR count). The Morgan fingerprint density at radius 2 is 1.84 bits per heavy atom. The largest absolute Gasteiger partial charge is 0.480 e. The van der Waals surface area contributed by atoms with Gasteiger partial charge in [-0.2, -0.15) is 0 Å². The number of carboxylic acid groups (broad SMARTS) is 1. The molecular formula is C13H16BrNO3S. The van der Waals surface area contributed by atoms with Gasteiger partial charge in [0.25, 0.3) is 0 Å². The summed E-state index contributed by atoms with van der Waals surface area (Å²) in [5.41, 5.74) is -1.26. The predicted molar refractivity (Wildman–Crippen MR) is 79.3 cm³/mol. The van der Waals surface area contributed by atoms with Crippen molar-refractivity contribution >= 4 is 39.6 Å². The lowest BCUT2D eigenvalue weighted by atomic mass is 10.1. The number of rotatable bonds is 5. The van der Waals surface area contributed by atoms with E-state index in [1.54, 1.807) is 6.92 Å². The molecule has 0 aromatic heterocycles. The van der Waals surface area contributed by atoms with Gasteiger partial charge in [0.1, 0.15) is 5.54 Å². The quantitative estimate of drug-likeness (QED) is 0.805. The van der Waals surface area contributed by atoms with Crippen molar-refractivity contribution in [2.75, 3.05) is 0 Å². The van der Waals surface area contributed by atoms with Crippen LogP contribution in [0.1, 0.15) is 20.8 Å². The van der Waals surface area contributed by atoms with Crippen LogP contribution in [0, 0.1) is 0 Å². The van der Waals surface area contributed by atoms with Crippen molar-refractivity contribution in [2.24, 2.45) is 0 Å². The van der Waals surface area contributed by atoms with Crippen LogP contribution in [0.15, 0.2) is 33.6 Å². The van der Waals surface area contributed by atoms with Gasteiger partial charge >= 0.3 is 5.97 Å². The van der Waals surface area contributed by atoms with Crippen LogP contribution in [0.2, 0.25) is 0 Å². The van der Waals surface area contributed by atoms with E-state index in [9.17, 15) is 9.59 Å². The number of benzene rings is 1. The standard InChI is InChI=1S/C13H16BrNO3S/c1-8(11(16)15-13(2,3)12(17)18)19-10-6-4-9(14)5-7-10/h4-8H,1-3H3,(H,15,16)(H,17,18). The number of hydrogen-bond donors (Lipinski definition) is 2. The predicted octanol–water partition coefficient (Wildman–Crippen LogP) is 2.91. The lowest BCUT2D eigenvalue weighted by Gasteiger charge is -2.23. The number of carbonyl (C=O) groups excluding carboxylic acids is 1. The molecule has 1 atom stereocenters. The normalized spacial score (nSPS) is 12.8. The molecule has 1 amide bonds. The Hall–Kier alpha value is -1.01. The number of nitrogens with one attached hydrogen (secondary N) is 1. The van der Waals surface area contributed by atoms with Crippen molar-refractivity contribution in [3.05, 3.63) is 28.7 Å². The molecule has 0 spiro atoms. The van der Waals surface area contributed by atoms with Gasteiger partial charge in [0.15, 0.2) is 0 Å². The minimum Gasteiger partial charge on any atom is -0.480 e. The molecule has 0 radical (unpaired) electrons. The van der Waals surface area contributed by atoms with E-state index in [1.807, 2.05) is 24.3 Å². The van der Waals surface area contributed by atoms with Gasteiger partial charge < -0.3 is 10.4 Å². The number of hydrogen-bond acceptors (Lipinski definition) is 3. The lowest BCUT2D eigenvalue weighted by molar-refractivity contribution is -0.145. The van der Waals surface area contributed by atoms with E-state index in [4.69, 9.17) is 5.11 Å². The van der Waals surface area contributed by atoms with Crippen LogP contribution in [0.25, 0.3) is 0 Å². The third-order valence-electron chi connectivity index (χ3n) is 2.47. The van der Waals surface area contributed by atoms with Gasteiger partial charge in [0.05, 0.1) is 5.25 Å². The molecular weight excluding hydrogens is 330 g/mol. The van der Waals surface area contributed by atoms with E-state index in [2.05, 4.69) is 21.2 Å². The monoisotopic (exact) mass is 345 g/mol.